The van der Waals surface area contributed by atoms with Crippen molar-refractivity contribution in [1.82, 2.24) is 10.6 Å². The van der Waals surface area contributed by atoms with Crippen LogP contribution in [0.3, 0.4) is 0 Å². The van der Waals surface area contributed by atoms with Crippen LogP contribution in [0.1, 0.15) is 19.8 Å². The van der Waals surface area contributed by atoms with Gasteiger partial charge < -0.3 is 16.0 Å². The van der Waals surface area contributed by atoms with Crippen molar-refractivity contribution >= 4 is 53.1 Å². The number of nitrogens with one attached hydrogen (secondary N) is 3. The first-order valence-electron chi connectivity index (χ1n) is 8.16. The van der Waals surface area contributed by atoms with Crippen molar-refractivity contribution < 1.29 is 4.92 Å². The Morgan fingerprint density at radius 1 is 1.20 bits per heavy atom. The van der Waals surface area contributed by atoms with E-state index in [0.717, 1.165) is 31.2 Å². The number of hydrogen-bond donors (Lipinski definition) is 3. The van der Waals surface area contributed by atoms with Crippen LogP contribution in [0.4, 0.5) is 11.4 Å². The zero-order chi connectivity index (χ0) is 17.6. The smallest absolute Gasteiger partial charge is 0.269 e. The van der Waals surface area contributed by atoms with Gasteiger partial charge >= 0.3 is 0 Å². The number of hydrogen-bond acceptors (Lipinski definition) is 5. The standard InChI is InChI=1S/C16H27N5O2S.HI/c1-3-17-16(19-10-4-5-13-24-2)20-12-11-18-14-6-8-15(9-7-14)21(22)23;/h6-9,18H,3-5,10-13H2,1-2H3,(H2,17,19,20);1H. The maximum atomic E-state index is 10.6. The fraction of sp³-hybridized carbons (Fsp3) is 0.562. The van der Waals surface area contributed by atoms with Crippen molar-refractivity contribution in [1.29, 1.82) is 0 Å². The molecule has 0 radical (unpaired) electrons. The lowest BCUT2D eigenvalue weighted by atomic mass is 10.3. The average Bonchev–Trinajstić information content (AvgIpc) is 2.58. The highest BCUT2D eigenvalue weighted by Crippen LogP contribution is 2.14. The van der Waals surface area contributed by atoms with Crippen LogP contribution < -0.4 is 16.0 Å². The summed E-state index contributed by atoms with van der Waals surface area (Å²) in [6.07, 6.45) is 4.40. The van der Waals surface area contributed by atoms with E-state index in [-0.39, 0.29) is 29.7 Å². The Kier molecular flexibility index (Phi) is 14.3. The molecule has 0 saturated heterocycles. The van der Waals surface area contributed by atoms with E-state index < -0.39 is 4.92 Å². The molecule has 0 aromatic heterocycles. The van der Waals surface area contributed by atoms with Crippen LogP contribution in [0, 0.1) is 10.1 Å². The quantitative estimate of drug-likeness (QED) is 0.112. The largest absolute Gasteiger partial charge is 0.383 e. The Labute approximate surface area is 171 Å². The summed E-state index contributed by atoms with van der Waals surface area (Å²) < 4.78 is 0. The molecular weight excluding hydrogens is 453 g/mol. The van der Waals surface area contributed by atoms with Gasteiger partial charge in [-0.1, -0.05) is 0 Å². The van der Waals surface area contributed by atoms with Gasteiger partial charge in [-0.3, -0.25) is 15.1 Å². The van der Waals surface area contributed by atoms with Crippen LogP contribution in [0.2, 0.25) is 0 Å². The van der Waals surface area contributed by atoms with Gasteiger partial charge in [0, 0.05) is 44.0 Å². The molecule has 0 aliphatic carbocycles. The van der Waals surface area contributed by atoms with Crippen LogP contribution in [-0.4, -0.2) is 49.1 Å². The molecule has 0 bridgehead atoms. The van der Waals surface area contributed by atoms with Crippen LogP contribution in [0.5, 0.6) is 0 Å². The summed E-state index contributed by atoms with van der Waals surface area (Å²) in [5, 5.41) is 20.3. The Morgan fingerprint density at radius 3 is 2.52 bits per heavy atom. The molecular formula is C16H28IN5O2S. The lowest BCUT2D eigenvalue weighted by molar-refractivity contribution is -0.384. The first-order chi connectivity index (χ1) is 11.7. The molecule has 1 aromatic carbocycles. The average molecular weight is 481 g/mol. The zero-order valence-electron chi connectivity index (χ0n) is 14.8. The number of benzene rings is 1. The van der Waals surface area contributed by atoms with Crippen molar-refractivity contribution in [3.63, 3.8) is 0 Å². The van der Waals surface area contributed by atoms with Gasteiger partial charge in [0.2, 0.25) is 0 Å². The molecule has 0 unspecified atom stereocenters. The molecule has 142 valence electrons. The number of guanidine groups is 1. The molecule has 3 N–H and O–H groups in total. The van der Waals surface area contributed by atoms with Crippen molar-refractivity contribution in [3.8, 4) is 0 Å². The van der Waals surface area contributed by atoms with Crippen molar-refractivity contribution in [2.75, 3.05) is 43.5 Å². The Hall–Kier alpha value is -1.23. The molecule has 7 nitrogen and oxygen atoms in total. The second-order valence-electron chi connectivity index (χ2n) is 5.12. The summed E-state index contributed by atoms with van der Waals surface area (Å²) >= 11 is 1.86. The van der Waals surface area contributed by atoms with Crippen LogP contribution in [0.15, 0.2) is 29.3 Å². The molecule has 0 saturated carbocycles. The van der Waals surface area contributed by atoms with Crippen molar-refractivity contribution in [2.45, 2.75) is 19.8 Å². The molecule has 0 spiro atoms. The maximum Gasteiger partial charge on any atom is 0.269 e. The highest BCUT2D eigenvalue weighted by molar-refractivity contribution is 14.0. The third-order valence-corrected chi connectivity index (χ3v) is 3.89. The zero-order valence-corrected chi connectivity index (χ0v) is 17.9. The first-order valence-corrected chi connectivity index (χ1v) is 9.56. The van der Waals surface area contributed by atoms with Gasteiger partial charge in [-0.05, 0) is 43.9 Å². The SMILES string of the molecule is CCNC(=NCCCCSC)NCCNc1ccc([N+](=O)[O-])cc1.I. The van der Waals surface area contributed by atoms with Crippen LogP contribution in [-0.2, 0) is 0 Å². The summed E-state index contributed by atoms with van der Waals surface area (Å²) in [5.74, 6) is 2.01. The molecule has 0 atom stereocenters. The minimum atomic E-state index is -0.399. The van der Waals surface area contributed by atoms with E-state index >= 15 is 0 Å². The van der Waals surface area contributed by atoms with E-state index in [2.05, 4.69) is 27.2 Å². The van der Waals surface area contributed by atoms with Gasteiger partial charge in [-0.2, -0.15) is 11.8 Å². The van der Waals surface area contributed by atoms with Gasteiger partial charge in [0.15, 0.2) is 5.96 Å². The number of aliphatic imine (C=N–C) groups is 1. The minimum absolute atomic E-state index is 0. The van der Waals surface area contributed by atoms with Gasteiger partial charge in [-0.25, -0.2) is 0 Å². The number of thioether (sulfide) groups is 1. The van der Waals surface area contributed by atoms with Gasteiger partial charge in [0.25, 0.3) is 5.69 Å². The number of nitrogens with zero attached hydrogens (tertiary/aromatic N) is 2. The molecule has 1 rings (SSSR count). The van der Waals surface area contributed by atoms with Crippen LogP contribution >= 0.6 is 35.7 Å². The van der Waals surface area contributed by atoms with Crippen LogP contribution in [0.25, 0.3) is 0 Å². The summed E-state index contributed by atoms with van der Waals surface area (Å²) in [7, 11) is 0. The van der Waals surface area contributed by atoms with E-state index in [4.69, 9.17) is 0 Å². The predicted octanol–water partition coefficient (Wildman–Crippen LogP) is 3.32. The summed E-state index contributed by atoms with van der Waals surface area (Å²) in [5.41, 5.74) is 0.961. The molecule has 25 heavy (non-hydrogen) atoms. The monoisotopic (exact) mass is 481 g/mol. The van der Waals surface area contributed by atoms with E-state index in [1.807, 2.05) is 18.7 Å². The summed E-state index contributed by atoms with van der Waals surface area (Å²) in [6.45, 7) is 5.11. The second kappa shape index (κ2) is 15.1. The summed E-state index contributed by atoms with van der Waals surface area (Å²) in [6, 6.07) is 6.41. The molecule has 1 aromatic rings. The highest BCUT2D eigenvalue weighted by atomic mass is 127. The molecule has 0 aliphatic rings. The fourth-order valence-corrected chi connectivity index (χ4v) is 2.47. The van der Waals surface area contributed by atoms with Gasteiger partial charge in [0.05, 0.1) is 4.92 Å². The topological polar surface area (TPSA) is 91.6 Å². The number of anilines is 1. The molecule has 0 amide bonds. The Balaban J connectivity index is 0.00000576. The Bertz CT molecular complexity index is 514. The molecule has 9 heteroatoms. The molecule has 0 aliphatic heterocycles. The van der Waals surface area contributed by atoms with E-state index in [1.54, 1.807) is 12.1 Å². The normalized spacial score (nSPS) is 10.7. The number of non-ortho nitro benzene ring substituents is 1. The third kappa shape index (κ3) is 11.1. The first kappa shape index (κ1) is 23.8. The van der Waals surface area contributed by atoms with E-state index in [1.165, 1.54) is 24.3 Å². The number of rotatable bonds is 11. The number of unbranched alkanes of at least 4 members (excludes halogenated alkanes) is 1. The van der Waals surface area contributed by atoms with E-state index in [0.29, 0.717) is 13.1 Å². The molecule has 0 heterocycles. The highest BCUT2D eigenvalue weighted by Gasteiger charge is 2.03. The lowest BCUT2D eigenvalue weighted by Crippen LogP contribution is -2.39. The van der Waals surface area contributed by atoms with Gasteiger partial charge in [0.1, 0.15) is 0 Å². The summed E-state index contributed by atoms with van der Waals surface area (Å²) in [4.78, 5) is 14.8. The fourth-order valence-electron chi connectivity index (χ4n) is 1.98. The second-order valence-corrected chi connectivity index (χ2v) is 6.10. The number of nitro benzene ring substituents is 1. The number of halogens is 1. The predicted molar refractivity (Wildman–Crippen MR) is 119 cm³/mol. The van der Waals surface area contributed by atoms with E-state index in [9.17, 15) is 10.1 Å². The number of nitro groups is 1. The molecule has 0 fully saturated rings. The van der Waals surface area contributed by atoms with Gasteiger partial charge in [-0.15, -0.1) is 24.0 Å². The third-order valence-electron chi connectivity index (χ3n) is 3.20. The van der Waals surface area contributed by atoms with Crippen molar-refractivity contribution in [2.24, 2.45) is 4.99 Å². The van der Waals surface area contributed by atoms with Crippen molar-refractivity contribution in [3.05, 3.63) is 34.4 Å². The maximum absolute atomic E-state index is 10.6. The minimum Gasteiger partial charge on any atom is -0.383 e. The Morgan fingerprint density at radius 2 is 1.92 bits per heavy atom. The lowest BCUT2D eigenvalue weighted by Gasteiger charge is -2.12.